The Morgan fingerprint density at radius 3 is 2.74 bits per heavy atom. The second-order valence-corrected chi connectivity index (χ2v) is 7.63. The number of fused-ring (bicyclic) bond motifs is 2. The van der Waals surface area contributed by atoms with Crippen molar-refractivity contribution in [3.05, 3.63) is 29.6 Å². The molecule has 6 heterocycles. The number of rotatable bonds is 2. The van der Waals surface area contributed by atoms with E-state index in [1.54, 1.807) is 16.2 Å². The molecule has 5 nitrogen and oxygen atoms in total. The van der Waals surface area contributed by atoms with Crippen molar-refractivity contribution in [2.75, 3.05) is 31.1 Å². The number of ether oxygens (including phenoxy) is 1. The number of hydrogen-bond acceptors (Lipinski definition) is 5. The van der Waals surface area contributed by atoms with Crippen molar-refractivity contribution < 1.29 is 13.9 Å². The van der Waals surface area contributed by atoms with E-state index in [1.807, 2.05) is 29.6 Å². The Morgan fingerprint density at radius 2 is 2.04 bits per heavy atom. The monoisotopic (exact) mass is 330 g/mol. The molecule has 0 aromatic carbocycles. The van der Waals surface area contributed by atoms with Gasteiger partial charge in [0.15, 0.2) is 0 Å². The van der Waals surface area contributed by atoms with Crippen LogP contribution in [0.2, 0.25) is 0 Å². The molecule has 2 bridgehead atoms. The van der Waals surface area contributed by atoms with Crippen molar-refractivity contribution in [2.24, 2.45) is 5.92 Å². The molecule has 2 aromatic rings. The number of thiophene rings is 1. The van der Waals surface area contributed by atoms with Crippen molar-refractivity contribution in [1.82, 2.24) is 4.90 Å². The van der Waals surface area contributed by atoms with Crippen LogP contribution in [-0.4, -0.2) is 42.8 Å². The van der Waals surface area contributed by atoms with Gasteiger partial charge in [0.2, 0.25) is 5.88 Å². The molecule has 0 radical (unpaired) electrons. The van der Waals surface area contributed by atoms with Gasteiger partial charge in [-0.15, -0.1) is 11.3 Å². The fourth-order valence-electron chi connectivity index (χ4n) is 4.20. The SMILES string of the molecule is O=C1O[C@]2(CN3CCC2CC3)CN1c1ccc(-c2cccs2)o1. The summed E-state index contributed by atoms with van der Waals surface area (Å²) in [5.41, 5.74) is -0.344. The van der Waals surface area contributed by atoms with Crippen LogP contribution in [0.5, 0.6) is 0 Å². The molecule has 6 heteroatoms. The zero-order valence-electron chi connectivity index (χ0n) is 12.7. The summed E-state index contributed by atoms with van der Waals surface area (Å²) in [4.78, 5) is 17.6. The first kappa shape index (κ1) is 13.6. The Hall–Kier alpha value is -1.79. The van der Waals surface area contributed by atoms with Crippen molar-refractivity contribution in [1.29, 1.82) is 0 Å². The zero-order chi connectivity index (χ0) is 15.4. The highest BCUT2D eigenvalue weighted by Crippen LogP contribution is 2.44. The summed E-state index contributed by atoms with van der Waals surface area (Å²) in [5, 5.41) is 2.02. The van der Waals surface area contributed by atoms with E-state index in [1.165, 1.54) is 0 Å². The first-order valence-corrected chi connectivity index (χ1v) is 8.98. The van der Waals surface area contributed by atoms with Gasteiger partial charge < -0.3 is 9.15 Å². The van der Waals surface area contributed by atoms with Crippen molar-refractivity contribution in [3.8, 4) is 10.6 Å². The van der Waals surface area contributed by atoms with E-state index < -0.39 is 0 Å². The largest absolute Gasteiger partial charge is 0.439 e. The number of furan rings is 1. The third-order valence-corrected chi connectivity index (χ3v) is 6.27. The molecule has 23 heavy (non-hydrogen) atoms. The molecule has 4 fully saturated rings. The lowest BCUT2D eigenvalue weighted by Crippen LogP contribution is -2.61. The van der Waals surface area contributed by atoms with E-state index in [2.05, 4.69) is 4.90 Å². The lowest BCUT2D eigenvalue weighted by Gasteiger charge is -2.49. The minimum absolute atomic E-state index is 0.272. The maximum absolute atomic E-state index is 12.4. The molecule has 6 rings (SSSR count). The highest BCUT2D eigenvalue weighted by molar-refractivity contribution is 7.13. The van der Waals surface area contributed by atoms with Crippen molar-refractivity contribution in [3.63, 3.8) is 0 Å². The number of anilines is 1. The second kappa shape index (κ2) is 4.85. The lowest BCUT2D eigenvalue weighted by molar-refractivity contribution is -0.0881. The zero-order valence-corrected chi connectivity index (χ0v) is 13.6. The van der Waals surface area contributed by atoms with Crippen molar-refractivity contribution >= 4 is 23.3 Å². The Labute approximate surface area is 138 Å². The quantitative estimate of drug-likeness (QED) is 0.846. The maximum atomic E-state index is 12.4. The molecule has 0 aliphatic carbocycles. The fraction of sp³-hybridized carbons (Fsp3) is 0.471. The van der Waals surface area contributed by atoms with Crippen LogP contribution in [0.1, 0.15) is 12.8 Å². The topological polar surface area (TPSA) is 45.9 Å². The van der Waals surface area contributed by atoms with E-state index in [-0.39, 0.29) is 11.7 Å². The first-order chi connectivity index (χ1) is 11.2. The Kier molecular flexibility index (Phi) is 2.87. The average molecular weight is 330 g/mol. The van der Waals surface area contributed by atoms with Gasteiger partial charge >= 0.3 is 6.09 Å². The second-order valence-electron chi connectivity index (χ2n) is 6.68. The van der Waals surface area contributed by atoms with Gasteiger partial charge in [0.25, 0.3) is 0 Å². The van der Waals surface area contributed by atoms with Crippen LogP contribution in [-0.2, 0) is 4.74 Å². The minimum atomic E-state index is -0.344. The molecule has 0 N–H and O–H groups in total. The van der Waals surface area contributed by atoms with Gasteiger partial charge in [0.05, 0.1) is 11.4 Å². The number of piperidine rings is 3. The number of carbonyl (C=O) groups is 1. The predicted octanol–water partition coefficient (Wildman–Crippen LogP) is 3.43. The maximum Gasteiger partial charge on any atom is 0.417 e. The summed E-state index contributed by atoms with van der Waals surface area (Å²) < 4.78 is 11.8. The lowest BCUT2D eigenvalue weighted by atomic mass is 9.75. The van der Waals surface area contributed by atoms with Gasteiger partial charge in [-0.25, -0.2) is 9.69 Å². The van der Waals surface area contributed by atoms with Gasteiger partial charge in [-0.1, -0.05) is 6.07 Å². The van der Waals surface area contributed by atoms with Crippen LogP contribution >= 0.6 is 11.3 Å². The Balaban J connectivity index is 1.43. The number of hydrogen-bond donors (Lipinski definition) is 0. The number of carbonyl (C=O) groups excluding carboxylic acids is 1. The fourth-order valence-corrected chi connectivity index (χ4v) is 4.89. The van der Waals surface area contributed by atoms with Gasteiger partial charge in [-0.2, -0.15) is 0 Å². The smallest absolute Gasteiger partial charge is 0.417 e. The normalized spacial score (nSPS) is 32.7. The molecule has 1 amide bonds. The summed E-state index contributed by atoms with van der Waals surface area (Å²) in [6.07, 6.45) is 1.98. The summed E-state index contributed by atoms with van der Waals surface area (Å²) in [6, 6.07) is 7.81. The molecule has 1 spiro atoms. The molecule has 4 aliphatic heterocycles. The van der Waals surface area contributed by atoms with E-state index in [0.717, 1.165) is 43.1 Å². The summed E-state index contributed by atoms with van der Waals surface area (Å²) in [5.74, 6) is 1.87. The van der Waals surface area contributed by atoms with Crippen LogP contribution in [0, 0.1) is 5.92 Å². The van der Waals surface area contributed by atoms with E-state index >= 15 is 0 Å². The molecule has 2 aromatic heterocycles. The highest BCUT2D eigenvalue weighted by Gasteiger charge is 2.56. The van der Waals surface area contributed by atoms with Gasteiger partial charge in [0.1, 0.15) is 11.4 Å². The van der Waals surface area contributed by atoms with Crippen molar-refractivity contribution in [2.45, 2.75) is 18.4 Å². The van der Waals surface area contributed by atoms with Crippen LogP contribution in [0.25, 0.3) is 10.6 Å². The number of nitrogens with zero attached hydrogens (tertiary/aromatic N) is 2. The summed E-state index contributed by atoms with van der Waals surface area (Å²) in [6.45, 7) is 3.73. The van der Waals surface area contributed by atoms with Crippen LogP contribution < -0.4 is 4.90 Å². The van der Waals surface area contributed by atoms with E-state index in [4.69, 9.17) is 9.15 Å². The third kappa shape index (κ3) is 2.05. The molecule has 1 atom stereocenters. The van der Waals surface area contributed by atoms with E-state index in [0.29, 0.717) is 18.3 Å². The molecule has 4 aliphatic rings. The summed E-state index contributed by atoms with van der Waals surface area (Å²) in [7, 11) is 0. The summed E-state index contributed by atoms with van der Waals surface area (Å²) >= 11 is 1.63. The van der Waals surface area contributed by atoms with Crippen LogP contribution in [0.4, 0.5) is 10.7 Å². The minimum Gasteiger partial charge on any atom is -0.439 e. The van der Waals surface area contributed by atoms with Gasteiger partial charge in [0, 0.05) is 18.5 Å². The van der Waals surface area contributed by atoms with Gasteiger partial charge in [-0.3, -0.25) is 4.90 Å². The predicted molar refractivity (Wildman–Crippen MR) is 87.7 cm³/mol. The molecular weight excluding hydrogens is 312 g/mol. The van der Waals surface area contributed by atoms with Gasteiger partial charge in [-0.05, 0) is 43.4 Å². The average Bonchev–Trinajstić information content (AvgIpc) is 3.28. The van der Waals surface area contributed by atoms with Crippen LogP contribution in [0.15, 0.2) is 34.1 Å². The number of amides is 1. The molecular formula is C17H18N2O3S. The van der Waals surface area contributed by atoms with E-state index in [9.17, 15) is 4.79 Å². The third-order valence-electron chi connectivity index (χ3n) is 5.38. The standard InChI is InChI=1S/C17H18N2O3S/c20-16-19(15-4-3-13(21-15)14-2-1-9-23-14)11-17(22-16)10-18-7-5-12(17)6-8-18/h1-4,9,12H,5-8,10-11H2/t17-/m1/s1. The Morgan fingerprint density at radius 1 is 1.17 bits per heavy atom. The highest BCUT2D eigenvalue weighted by atomic mass is 32.1. The molecule has 120 valence electrons. The first-order valence-electron chi connectivity index (χ1n) is 8.10. The molecule has 0 unspecified atom stereocenters. The van der Waals surface area contributed by atoms with Crippen LogP contribution in [0.3, 0.4) is 0 Å². The molecule has 4 saturated heterocycles. The Bertz CT molecular complexity index is 733. The molecule has 0 saturated carbocycles.